The fraction of sp³-hybridized carbons (Fsp3) is 0.500. The van der Waals surface area contributed by atoms with Gasteiger partial charge in [0.2, 0.25) is 0 Å². The third-order valence-electron chi connectivity index (χ3n) is 5.15. The summed E-state index contributed by atoms with van der Waals surface area (Å²) in [5.41, 5.74) is 3.26. The molecule has 6 heteroatoms. The van der Waals surface area contributed by atoms with Crippen molar-refractivity contribution < 1.29 is 4.39 Å². The van der Waals surface area contributed by atoms with Crippen molar-refractivity contribution in [2.75, 3.05) is 24.5 Å². The molecule has 1 atom stereocenters. The van der Waals surface area contributed by atoms with Crippen LogP contribution in [0.1, 0.15) is 30.2 Å². The van der Waals surface area contributed by atoms with Crippen molar-refractivity contribution in [2.24, 2.45) is 0 Å². The van der Waals surface area contributed by atoms with E-state index in [4.69, 9.17) is 0 Å². The molecule has 0 saturated carbocycles. The first-order chi connectivity index (χ1) is 11.7. The molecule has 126 valence electrons. The minimum absolute atomic E-state index is 0.222. The van der Waals surface area contributed by atoms with E-state index >= 15 is 0 Å². The smallest absolute Gasteiger partial charge is 0.145 e. The van der Waals surface area contributed by atoms with Gasteiger partial charge in [0.1, 0.15) is 18.0 Å². The van der Waals surface area contributed by atoms with E-state index in [1.54, 1.807) is 18.6 Å². The zero-order valence-electron chi connectivity index (χ0n) is 14.0. The second kappa shape index (κ2) is 6.43. The van der Waals surface area contributed by atoms with Crippen LogP contribution in [0.3, 0.4) is 0 Å². The molecule has 24 heavy (non-hydrogen) atoms. The Morgan fingerprint density at radius 3 is 3.00 bits per heavy atom. The summed E-state index contributed by atoms with van der Waals surface area (Å²) < 4.78 is 13.8. The van der Waals surface area contributed by atoms with Gasteiger partial charge in [0, 0.05) is 55.2 Å². The number of pyridine rings is 1. The maximum Gasteiger partial charge on any atom is 0.145 e. The Balaban J connectivity index is 1.47. The van der Waals surface area contributed by atoms with Crippen LogP contribution in [0, 0.1) is 5.82 Å². The Labute approximate surface area is 141 Å². The van der Waals surface area contributed by atoms with Crippen LogP contribution >= 0.6 is 0 Å². The normalized spacial score (nSPS) is 21.1. The average molecular weight is 327 g/mol. The largest absolute Gasteiger partial charge is 0.353 e. The molecule has 1 fully saturated rings. The Bertz CT molecular complexity index is 735. The molecular weight excluding hydrogens is 305 g/mol. The number of rotatable bonds is 3. The monoisotopic (exact) mass is 327 g/mol. The number of fused-ring (bicyclic) bond motifs is 1. The van der Waals surface area contributed by atoms with Crippen molar-refractivity contribution >= 4 is 5.82 Å². The molecule has 0 spiro atoms. The summed E-state index contributed by atoms with van der Waals surface area (Å²) in [4.78, 5) is 17.5. The summed E-state index contributed by atoms with van der Waals surface area (Å²) in [5, 5.41) is 0. The fourth-order valence-corrected chi connectivity index (χ4v) is 3.79. The quantitative estimate of drug-likeness (QED) is 0.865. The van der Waals surface area contributed by atoms with Gasteiger partial charge in [-0.25, -0.2) is 14.4 Å². The van der Waals surface area contributed by atoms with Gasteiger partial charge in [0.05, 0.1) is 6.20 Å². The summed E-state index contributed by atoms with van der Waals surface area (Å²) in [5.74, 6) is 0.889. The van der Waals surface area contributed by atoms with Crippen LogP contribution in [-0.2, 0) is 19.4 Å². The topological polar surface area (TPSA) is 45.2 Å². The molecule has 1 unspecified atom stereocenters. The highest BCUT2D eigenvalue weighted by atomic mass is 19.1. The molecule has 3 heterocycles. The van der Waals surface area contributed by atoms with Gasteiger partial charge in [-0.3, -0.25) is 9.88 Å². The first kappa shape index (κ1) is 15.4. The van der Waals surface area contributed by atoms with E-state index in [9.17, 15) is 4.39 Å². The van der Waals surface area contributed by atoms with E-state index < -0.39 is 0 Å². The first-order valence-electron chi connectivity index (χ1n) is 8.62. The molecule has 1 aliphatic carbocycles. The summed E-state index contributed by atoms with van der Waals surface area (Å²) in [6.45, 7) is 5.57. The third kappa shape index (κ3) is 2.86. The van der Waals surface area contributed by atoms with E-state index in [-0.39, 0.29) is 5.82 Å². The van der Waals surface area contributed by atoms with Crippen molar-refractivity contribution in [2.45, 2.75) is 38.8 Å². The van der Waals surface area contributed by atoms with Gasteiger partial charge in [0.25, 0.3) is 0 Å². The molecule has 1 saturated heterocycles. The molecule has 0 aromatic carbocycles. The third-order valence-corrected chi connectivity index (χ3v) is 5.15. The number of aryl methyl sites for hydroxylation is 1. The van der Waals surface area contributed by atoms with Gasteiger partial charge in [-0.05, 0) is 32.3 Å². The van der Waals surface area contributed by atoms with E-state index in [0.29, 0.717) is 18.2 Å². The van der Waals surface area contributed by atoms with Crippen LogP contribution in [-0.4, -0.2) is 45.5 Å². The summed E-state index contributed by atoms with van der Waals surface area (Å²) in [7, 11) is 0. The summed E-state index contributed by atoms with van der Waals surface area (Å²) >= 11 is 0. The van der Waals surface area contributed by atoms with Crippen LogP contribution in [0.2, 0.25) is 0 Å². The number of aromatic nitrogens is 3. The van der Waals surface area contributed by atoms with E-state index in [1.807, 2.05) is 0 Å². The minimum Gasteiger partial charge on any atom is -0.353 e. The van der Waals surface area contributed by atoms with Crippen LogP contribution in [0.15, 0.2) is 24.8 Å². The Kier molecular flexibility index (Phi) is 4.14. The van der Waals surface area contributed by atoms with E-state index in [0.717, 1.165) is 38.3 Å². The molecule has 0 radical (unpaired) electrons. The number of nitrogens with zero attached hydrogens (tertiary/aromatic N) is 5. The molecule has 0 bridgehead atoms. The molecule has 4 rings (SSSR count). The van der Waals surface area contributed by atoms with Crippen LogP contribution in [0.25, 0.3) is 0 Å². The number of hydrogen-bond acceptors (Lipinski definition) is 5. The maximum atomic E-state index is 13.8. The summed E-state index contributed by atoms with van der Waals surface area (Å²) in [6, 6.07) is 2.12. The lowest BCUT2D eigenvalue weighted by Crippen LogP contribution is -2.52. The van der Waals surface area contributed by atoms with Gasteiger partial charge in [-0.1, -0.05) is 0 Å². The lowest BCUT2D eigenvalue weighted by Gasteiger charge is -2.41. The average Bonchev–Trinajstić information content (AvgIpc) is 3.07. The van der Waals surface area contributed by atoms with Gasteiger partial charge in [-0.15, -0.1) is 0 Å². The van der Waals surface area contributed by atoms with Crippen LogP contribution in [0.5, 0.6) is 0 Å². The number of anilines is 1. The Hall–Kier alpha value is -2.08. The van der Waals surface area contributed by atoms with Gasteiger partial charge in [0.15, 0.2) is 0 Å². The highest BCUT2D eigenvalue weighted by Crippen LogP contribution is 2.29. The molecule has 0 N–H and O–H groups in total. The molecule has 5 nitrogen and oxygen atoms in total. The molecule has 1 aliphatic heterocycles. The van der Waals surface area contributed by atoms with Crippen LogP contribution < -0.4 is 4.90 Å². The predicted molar refractivity (Wildman–Crippen MR) is 90.3 cm³/mol. The second-order valence-corrected chi connectivity index (χ2v) is 6.71. The Morgan fingerprint density at radius 1 is 1.25 bits per heavy atom. The van der Waals surface area contributed by atoms with E-state index in [1.165, 1.54) is 23.9 Å². The minimum atomic E-state index is -0.222. The van der Waals surface area contributed by atoms with E-state index in [2.05, 4.69) is 31.7 Å². The highest BCUT2D eigenvalue weighted by Gasteiger charge is 2.28. The number of halogens is 1. The second-order valence-electron chi connectivity index (χ2n) is 6.71. The Morgan fingerprint density at radius 2 is 2.17 bits per heavy atom. The predicted octanol–water partition coefficient (Wildman–Crippen LogP) is 2.21. The highest BCUT2D eigenvalue weighted by molar-refractivity contribution is 5.51. The molecule has 2 aromatic rings. The molecule has 2 aliphatic rings. The molecule has 0 amide bonds. The van der Waals surface area contributed by atoms with Crippen molar-refractivity contribution in [3.05, 3.63) is 47.4 Å². The van der Waals surface area contributed by atoms with Gasteiger partial charge >= 0.3 is 0 Å². The van der Waals surface area contributed by atoms with Crippen molar-refractivity contribution in [3.8, 4) is 0 Å². The van der Waals surface area contributed by atoms with Gasteiger partial charge in [-0.2, -0.15) is 0 Å². The lowest BCUT2D eigenvalue weighted by molar-refractivity contribution is 0.178. The number of hydrogen-bond donors (Lipinski definition) is 0. The zero-order chi connectivity index (χ0) is 16.5. The van der Waals surface area contributed by atoms with Crippen molar-refractivity contribution in [1.29, 1.82) is 0 Å². The zero-order valence-corrected chi connectivity index (χ0v) is 14.0. The van der Waals surface area contributed by atoms with Crippen molar-refractivity contribution in [3.63, 3.8) is 0 Å². The standard InChI is InChI=1S/C18H22FN5/c1-13-10-24(18-15-3-2-4-17(15)21-12-22-18)8-7-23(13)11-14-5-6-20-9-16(14)19/h5-6,9,12-13H,2-4,7-8,10-11H2,1H3. The maximum absolute atomic E-state index is 13.8. The fourth-order valence-electron chi connectivity index (χ4n) is 3.79. The number of piperazine rings is 1. The SMILES string of the molecule is CC1CN(c2ncnc3c2CCC3)CCN1Cc1ccncc1F. The van der Waals surface area contributed by atoms with Gasteiger partial charge < -0.3 is 4.90 Å². The summed E-state index contributed by atoms with van der Waals surface area (Å²) in [6.07, 6.45) is 7.98. The molecular formula is C18H22FN5. The molecule has 2 aromatic heterocycles. The van der Waals surface area contributed by atoms with Crippen molar-refractivity contribution in [1.82, 2.24) is 19.9 Å². The van der Waals surface area contributed by atoms with Crippen LogP contribution in [0.4, 0.5) is 10.2 Å². The first-order valence-corrected chi connectivity index (χ1v) is 8.62. The lowest BCUT2D eigenvalue weighted by atomic mass is 10.1.